The molecule has 0 bridgehead atoms. The zero-order chi connectivity index (χ0) is 17.8. The van der Waals surface area contributed by atoms with E-state index in [-0.39, 0.29) is 11.7 Å². The Morgan fingerprint density at radius 3 is 2.32 bits per heavy atom. The largest absolute Gasteiger partial charge is 0.416 e. The summed E-state index contributed by atoms with van der Waals surface area (Å²) in [5.41, 5.74) is 1.17. The van der Waals surface area contributed by atoms with Crippen molar-refractivity contribution >= 4 is 22.4 Å². The minimum absolute atomic E-state index is 0.0261. The van der Waals surface area contributed by atoms with Crippen LogP contribution < -0.4 is 5.32 Å². The third-order valence-corrected chi connectivity index (χ3v) is 4.30. The molecule has 3 aromatic rings. The lowest BCUT2D eigenvalue weighted by molar-refractivity contribution is -0.137. The van der Waals surface area contributed by atoms with Crippen LogP contribution in [0.5, 0.6) is 0 Å². The second-order valence-corrected chi connectivity index (χ2v) is 5.85. The molecular weight excluding hydrogens is 327 g/mol. The molecule has 25 heavy (non-hydrogen) atoms. The van der Waals surface area contributed by atoms with E-state index in [2.05, 4.69) is 5.32 Å². The molecule has 0 unspecified atom stereocenters. The van der Waals surface area contributed by atoms with E-state index in [9.17, 15) is 13.2 Å². The van der Waals surface area contributed by atoms with E-state index in [0.29, 0.717) is 22.3 Å². The van der Waals surface area contributed by atoms with E-state index in [1.807, 2.05) is 24.3 Å². The molecular formula is C19H12F3N3. The highest BCUT2D eigenvalue weighted by atomic mass is 19.4. The van der Waals surface area contributed by atoms with Crippen molar-refractivity contribution in [1.29, 1.82) is 10.8 Å². The van der Waals surface area contributed by atoms with Crippen molar-refractivity contribution in [3.05, 3.63) is 71.3 Å². The fourth-order valence-corrected chi connectivity index (χ4v) is 3.21. The fraction of sp³-hybridized carbons (Fsp3) is 0.0526. The van der Waals surface area contributed by atoms with Crippen LogP contribution in [0.2, 0.25) is 0 Å². The molecule has 1 heterocycles. The molecule has 0 atom stereocenters. The highest BCUT2D eigenvalue weighted by Gasteiger charge is 2.32. The first-order valence-electron chi connectivity index (χ1n) is 7.54. The van der Waals surface area contributed by atoms with Gasteiger partial charge in [-0.1, -0.05) is 36.4 Å². The number of hydrogen-bond donors (Lipinski definition) is 3. The van der Waals surface area contributed by atoms with Crippen molar-refractivity contribution in [3.8, 4) is 11.1 Å². The summed E-state index contributed by atoms with van der Waals surface area (Å²) in [7, 11) is 0. The summed E-state index contributed by atoms with van der Waals surface area (Å²) in [6.45, 7) is 0. The Hall–Kier alpha value is -3.15. The molecule has 3 nitrogen and oxygen atoms in total. The Balaban J connectivity index is 2.10. The molecule has 1 aliphatic rings. The lowest BCUT2D eigenvalue weighted by atomic mass is 9.89. The number of rotatable bonds is 1. The van der Waals surface area contributed by atoms with E-state index < -0.39 is 11.7 Å². The van der Waals surface area contributed by atoms with Crippen LogP contribution in [0.3, 0.4) is 0 Å². The number of nitrogens with one attached hydrogen (secondary N) is 3. The first-order chi connectivity index (χ1) is 11.9. The first kappa shape index (κ1) is 15.4. The summed E-state index contributed by atoms with van der Waals surface area (Å²) in [6, 6.07) is 14.2. The van der Waals surface area contributed by atoms with Crippen LogP contribution in [0, 0.1) is 10.8 Å². The zero-order valence-corrected chi connectivity index (χ0v) is 12.8. The first-order valence-corrected chi connectivity index (χ1v) is 7.54. The van der Waals surface area contributed by atoms with Gasteiger partial charge in [0, 0.05) is 16.7 Å². The predicted molar refractivity (Wildman–Crippen MR) is 91.2 cm³/mol. The van der Waals surface area contributed by atoms with Crippen LogP contribution in [0.4, 0.5) is 13.2 Å². The summed E-state index contributed by atoms with van der Waals surface area (Å²) in [6.07, 6.45) is -4.44. The molecule has 0 aliphatic carbocycles. The molecule has 3 N–H and O–H groups in total. The minimum atomic E-state index is -4.44. The molecule has 6 heteroatoms. The molecule has 0 fully saturated rings. The second kappa shape index (κ2) is 5.17. The van der Waals surface area contributed by atoms with Gasteiger partial charge in [-0.2, -0.15) is 13.2 Å². The van der Waals surface area contributed by atoms with E-state index in [4.69, 9.17) is 10.8 Å². The second-order valence-electron chi connectivity index (χ2n) is 5.85. The number of alkyl halides is 3. The van der Waals surface area contributed by atoms with Crippen LogP contribution in [0.15, 0.2) is 54.6 Å². The number of fused-ring (bicyclic) bond motifs is 2. The van der Waals surface area contributed by atoms with Crippen molar-refractivity contribution in [1.82, 2.24) is 5.32 Å². The fourth-order valence-electron chi connectivity index (χ4n) is 3.21. The van der Waals surface area contributed by atoms with E-state index in [1.165, 1.54) is 6.07 Å². The lowest BCUT2D eigenvalue weighted by Crippen LogP contribution is -2.20. The number of hydrogen-bond acceptors (Lipinski definition) is 2. The molecule has 0 radical (unpaired) electrons. The Bertz CT molecular complexity index is 1050. The average molecular weight is 339 g/mol. The van der Waals surface area contributed by atoms with Gasteiger partial charge in [0.15, 0.2) is 0 Å². The van der Waals surface area contributed by atoms with Gasteiger partial charge in [0.1, 0.15) is 11.7 Å². The standard InChI is InChI=1S/C19H12F3N3/c20-19(21,22)12-6-3-5-11(8-12)15-13-7-2-1-4-10(13)9-14-16(15)18(24)25-17(14)23/h1-9H,(H3,23,24,25). The number of halogens is 3. The maximum Gasteiger partial charge on any atom is 0.416 e. The van der Waals surface area contributed by atoms with Gasteiger partial charge in [-0.25, -0.2) is 0 Å². The molecule has 0 spiro atoms. The van der Waals surface area contributed by atoms with Gasteiger partial charge in [-0.3, -0.25) is 10.8 Å². The van der Waals surface area contributed by atoms with Gasteiger partial charge in [-0.05, 0) is 34.5 Å². The summed E-state index contributed by atoms with van der Waals surface area (Å²) in [4.78, 5) is 0. The van der Waals surface area contributed by atoms with E-state index in [1.54, 1.807) is 12.1 Å². The molecule has 1 aliphatic heterocycles. The molecule has 0 aromatic heterocycles. The molecule has 0 saturated heterocycles. The van der Waals surface area contributed by atoms with E-state index in [0.717, 1.165) is 22.9 Å². The Morgan fingerprint density at radius 2 is 1.56 bits per heavy atom. The van der Waals surface area contributed by atoms with Crippen molar-refractivity contribution in [2.24, 2.45) is 0 Å². The van der Waals surface area contributed by atoms with Crippen LogP contribution >= 0.6 is 0 Å². The van der Waals surface area contributed by atoms with Gasteiger partial charge in [-0.15, -0.1) is 0 Å². The molecule has 4 rings (SSSR count). The van der Waals surface area contributed by atoms with Crippen LogP contribution in [-0.2, 0) is 6.18 Å². The van der Waals surface area contributed by atoms with Gasteiger partial charge in [0.2, 0.25) is 0 Å². The maximum absolute atomic E-state index is 13.1. The summed E-state index contributed by atoms with van der Waals surface area (Å²) in [5.74, 6) is 0.108. The van der Waals surface area contributed by atoms with E-state index >= 15 is 0 Å². The normalized spacial score (nSPS) is 13.9. The lowest BCUT2D eigenvalue weighted by Gasteiger charge is -2.14. The molecule has 3 aromatic carbocycles. The number of benzene rings is 3. The van der Waals surface area contributed by atoms with Crippen LogP contribution in [0.25, 0.3) is 21.9 Å². The SMILES string of the molecule is N=C1NC(=N)c2c1cc1ccccc1c2-c1cccc(C(F)(F)F)c1. The highest BCUT2D eigenvalue weighted by molar-refractivity contribution is 6.28. The predicted octanol–water partition coefficient (Wildman–Crippen LogP) is 4.78. The quantitative estimate of drug-likeness (QED) is 0.587. The van der Waals surface area contributed by atoms with Crippen LogP contribution in [-0.4, -0.2) is 11.7 Å². The van der Waals surface area contributed by atoms with Gasteiger partial charge >= 0.3 is 6.18 Å². The zero-order valence-electron chi connectivity index (χ0n) is 12.8. The molecule has 124 valence electrons. The molecule has 0 saturated carbocycles. The Labute approximate surface area is 141 Å². The van der Waals surface area contributed by atoms with Crippen molar-refractivity contribution in [2.75, 3.05) is 0 Å². The maximum atomic E-state index is 13.1. The smallest absolute Gasteiger partial charge is 0.325 e. The third-order valence-electron chi connectivity index (χ3n) is 4.30. The van der Waals surface area contributed by atoms with Crippen molar-refractivity contribution < 1.29 is 13.2 Å². The highest BCUT2D eigenvalue weighted by Crippen LogP contribution is 2.39. The van der Waals surface area contributed by atoms with Crippen molar-refractivity contribution in [2.45, 2.75) is 6.18 Å². The monoisotopic (exact) mass is 339 g/mol. The Morgan fingerprint density at radius 1 is 0.800 bits per heavy atom. The average Bonchev–Trinajstić information content (AvgIpc) is 2.86. The summed E-state index contributed by atoms with van der Waals surface area (Å²) in [5, 5.41) is 20.4. The minimum Gasteiger partial charge on any atom is -0.325 e. The topological polar surface area (TPSA) is 59.7 Å². The molecule has 0 amide bonds. The van der Waals surface area contributed by atoms with Gasteiger partial charge in [0.05, 0.1) is 5.56 Å². The summed E-state index contributed by atoms with van der Waals surface area (Å²) >= 11 is 0. The summed E-state index contributed by atoms with van der Waals surface area (Å²) < 4.78 is 39.4. The van der Waals surface area contributed by atoms with Gasteiger partial charge in [0.25, 0.3) is 0 Å². The third kappa shape index (κ3) is 2.38. The van der Waals surface area contributed by atoms with Gasteiger partial charge < -0.3 is 5.32 Å². The number of amidine groups is 2. The van der Waals surface area contributed by atoms with Crippen LogP contribution in [0.1, 0.15) is 16.7 Å². The Kier molecular flexibility index (Phi) is 3.18. The van der Waals surface area contributed by atoms with Crippen molar-refractivity contribution in [3.63, 3.8) is 0 Å².